The van der Waals surface area contributed by atoms with Gasteiger partial charge in [-0.25, -0.2) is 0 Å². The number of hydrogen-bond acceptors (Lipinski definition) is 2. The van der Waals surface area contributed by atoms with Crippen molar-refractivity contribution in [2.24, 2.45) is 35.5 Å². The highest BCUT2D eigenvalue weighted by molar-refractivity contribution is 9.10. The Morgan fingerprint density at radius 2 is 1.27 bits per heavy atom. The second-order valence-electron chi connectivity index (χ2n) is 15.8. The summed E-state index contributed by atoms with van der Waals surface area (Å²) in [7, 11) is 0.445. The van der Waals surface area contributed by atoms with Crippen LogP contribution >= 0.6 is 15.9 Å². The number of likely N-dealkylation sites (N-methyl/N-ethyl adjacent to an activating group) is 1. The van der Waals surface area contributed by atoms with E-state index in [1.165, 1.54) is 41.9 Å². The zero-order valence-electron chi connectivity index (χ0n) is 27.4. The summed E-state index contributed by atoms with van der Waals surface area (Å²) in [6.07, 6.45) is 34.9. The molecule has 234 valence electrons. The van der Waals surface area contributed by atoms with Crippen LogP contribution in [0, 0.1) is 35.5 Å². The number of ether oxygens (including phenoxy) is 1. The minimum Gasteiger partial charge on any atom is -0.376 e. The Bertz CT molecular complexity index is 1380. The molecule has 5 aliphatic carbocycles. The molecule has 6 aliphatic rings. The summed E-state index contributed by atoms with van der Waals surface area (Å²) in [4.78, 5) is 2.67. The fourth-order valence-electron chi connectivity index (χ4n) is 10.8. The standard InChI is InChI=1S/C40H52BrNOSi/c1-40(2,3)43-24-14-6-7-15-25-44(5,38-31-19-11-8-16-28(31)29-17-9-12-20-32(29)38)39-33-21-13-10-18-30(33)37-36(39)34-26-27(41)22-23-35(34)42(37)4/h8-13,16-23,26,28-33,36-39H,6-7,14-15,24-25H2,1-5H3. The minimum absolute atomic E-state index is 0.0395. The average Bonchev–Trinajstić information content (AvgIpc) is 3.62. The van der Waals surface area contributed by atoms with E-state index < -0.39 is 8.07 Å². The highest BCUT2D eigenvalue weighted by Crippen LogP contribution is 2.70. The Hall–Kier alpha value is -1.88. The van der Waals surface area contributed by atoms with Gasteiger partial charge in [0.25, 0.3) is 0 Å². The van der Waals surface area contributed by atoms with Gasteiger partial charge in [-0.05, 0) is 91.6 Å². The second-order valence-corrected chi connectivity index (χ2v) is 21.5. The lowest BCUT2D eigenvalue weighted by molar-refractivity contribution is -0.00471. The van der Waals surface area contributed by atoms with E-state index >= 15 is 0 Å². The van der Waals surface area contributed by atoms with E-state index in [9.17, 15) is 0 Å². The van der Waals surface area contributed by atoms with Gasteiger partial charge in [0, 0.05) is 41.7 Å². The van der Waals surface area contributed by atoms with E-state index in [0.717, 1.165) is 17.7 Å². The number of rotatable bonds is 9. The SMILES string of the molecule is CN1c2ccc(Br)cc2C2C1C1C=CC=CC1C2[Si](C)(CCCCCCOC(C)(C)C)C1C2C=CC=CC2C2C=CC=CC21. The first kappa shape index (κ1) is 30.8. The summed E-state index contributed by atoms with van der Waals surface area (Å²) in [5.41, 5.74) is 4.52. The normalized spacial score (nSPS) is 37.1. The molecule has 0 bridgehead atoms. The molecule has 0 radical (unpaired) electrons. The zero-order chi connectivity index (χ0) is 30.6. The first-order chi connectivity index (χ1) is 21.2. The number of halogens is 1. The van der Waals surface area contributed by atoms with Crippen LogP contribution in [0.5, 0.6) is 0 Å². The number of unbranched alkanes of at least 4 members (excludes halogenated alkanes) is 3. The van der Waals surface area contributed by atoms with Crippen LogP contribution in [0.3, 0.4) is 0 Å². The van der Waals surface area contributed by atoms with Crippen LogP contribution in [0.15, 0.2) is 95.6 Å². The Morgan fingerprint density at radius 3 is 1.89 bits per heavy atom. The maximum absolute atomic E-state index is 6.08. The van der Waals surface area contributed by atoms with E-state index in [1.54, 1.807) is 5.56 Å². The van der Waals surface area contributed by atoms with Gasteiger partial charge in [0.15, 0.2) is 0 Å². The van der Waals surface area contributed by atoms with Crippen LogP contribution in [0.4, 0.5) is 5.69 Å². The van der Waals surface area contributed by atoms with Crippen LogP contribution in [0.2, 0.25) is 23.7 Å². The van der Waals surface area contributed by atoms with E-state index in [1.807, 2.05) is 0 Å². The van der Waals surface area contributed by atoms with Crippen LogP contribution in [0.25, 0.3) is 0 Å². The fourth-order valence-corrected chi connectivity index (χ4v) is 18.2. The van der Waals surface area contributed by atoms with E-state index in [2.05, 4.69) is 146 Å². The molecule has 10 atom stereocenters. The number of allylic oxidation sites excluding steroid dienone is 11. The molecule has 1 aromatic rings. The number of anilines is 1. The van der Waals surface area contributed by atoms with Crippen molar-refractivity contribution in [2.45, 2.75) is 87.7 Å². The van der Waals surface area contributed by atoms with Gasteiger partial charge in [0.1, 0.15) is 0 Å². The number of benzene rings is 1. The lowest BCUT2D eigenvalue weighted by Crippen LogP contribution is -2.48. The van der Waals surface area contributed by atoms with Crippen molar-refractivity contribution in [3.05, 3.63) is 101 Å². The Kier molecular flexibility index (Phi) is 8.42. The minimum atomic E-state index is -1.94. The van der Waals surface area contributed by atoms with Gasteiger partial charge >= 0.3 is 0 Å². The van der Waals surface area contributed by atoms with E-state index in [4.69, 9.17) is 4.74 Å². The molecular formula is C40H52BrNOSi. The highest BCUT2D eigenvalue weighted by Gasteiger charge is 2.65. The molecule has 0 amide bonds. The highest BCUT2D eigenvalue weighted by atomic mass is 79.9. The third-order valence-corrected chi connectivity index (χ3v) is 18.8. The monoisotopic (exact) mass is 669 g/mol. The molecular weight excluding hydrogens is 618 g/mol. The predicted octanol–water partition coefficient (Wildman–Crippen LogP) is 10.6. The third kappa shape index (κ3) is 5.25. The van der Waals surface area contributed by atoms with E-state index in [-0.39, 0.29) is 5.60 Å². The van der Waals surface area contributed by atoms with Crippen molar-refractivity contribution in [2.75, 3.05) is 18.6 Å². The number of nitrogens with zero attached hydrogens (tertiary/aromatic N) is 1. The van der Waals surface area contributed by atoms with Crippen molar-refractivity contribution >= 4 is 29.7 Å². The molecule has 0 aromatic heterocycles. The van der Waals surface area contributed by atoms with Gasteiger partial charge in [-0.3, -0.25) is 0 Å². The van der Waals surface area contributed by atoms with Gasteiger partial charge in [-0.1, -0.05) is 121 Å². The van der Waals surface area contributed by atoms with Crippen LogP contribution in [-0.2, 0) is 4.74 Å². The maximum Gasteiger partial charge on any atom is 0.0598 e. The summed E-state index contributed by atoms with van der Waals surface area (Å²) in [6, 6.07) is 9.11. The molecule has 2 fully saturated rings. The summed E-state index contributed by atoms with van der Waals surface area (Å²) >= 11 is 3.89. The summed E-state index contributed by atoms with van der Waals surface area (Å²) in [5, 5.41) is 0. The average molecular weight is 671 g/mol. The molecule has 1 heterocycles. The lowest BCUT2D eigenvalue weighted by Gasteiger charge is -2.48. The Balaban J connectivity index is 1.27. The number of fused-ring (bicyclic) bond motifs is 8. The molecule has 1 aromatic carbocycles. The molecule has 4 heteroatoms. The summed E-state index contributed by atoms with van der Waals surface area (Å²) in [6.45, 7) is 10.3. The van der Waals surface area contributed by atoms with Gasteiger partial charge in [0.05, 0.1) is 13.7 Å². The Labute approximate surface area is 276 Å². The first-order valence-electron chi connectivity index (χ1n) is 17.4. The molecule has 44 heavy (non-hydrogen) atoms. The molecule has 0 saturated heterocycles. The summed E-state index contributed by atoms with van der Waals surface area (Å²) in [5.74, 6) is 4.40. The quantitative estimate of drug-likeness (QED) is 0.192. The van der Waals surface area contributed by atoms with Crippen molar-refractivity contribution in [3.63, 3.8) is 0 Å². The predicted molar refractivity (Wildman–Crippen MR) is 193 cm³/mol. The second kappa shape index (κ2) is 12.0. The summed E-state index contributed by atoms with van der Waals surface area (Å²) < 4.78 is 7.30. The largest absolute Gasteiger partial charge is 0.376 e. The molecule has 2 nitrogen and oxygen atoms in total. The number of hydrogen-bond donors (Lipinski definition) is 0. The van der Waals surface area contributed by atoms with Gasteiger partial charge < -0.3 is 9.64 Å². The van der Waals surface area contributed by atoms with Gasteiger partial charge in [-0.2, -0.15) is 0 Å². The van der Waals surface area contributed by atoms with Crippen molar-refractivity contribution < 1.29 is 4.74 Å². The Morgan fingerprint density at radius 1 is 0.727 bits per heavy atom. The van der Waals surface area contributed by atoms with Crippen LogP contribution in [0.1, 0.15) is 57.9 Å². The van der Waals surface area contributed by atoms with Crippen LogP contribution < -0.4 is 4.90 Å². The van der Waals surface area contributed by atoms with Gasteiger partial charge in [-0.15, -0.1) is 0 Å². The zero-order valence-corrected chi connectivity index (χ0v) is 30.0. The molecule has 1 aliphatic heterocycles. The molecule has 0 spiro atoms. The topological polar surface area (TPSA) is 12.5 Å². The smallest absolute Gasteiger partial charge is 0.0598 e. The van der Waals surface area contributed by atoms with Crippen LogP contribution in [-0.4, -0.2) is 33.4 Å². The molecule has 7 rings (SSSR count). The van der Waals surface area contributed by atoms with E-state index in [0.29, 0.717) is 47.5 Å². The lowest BCUT2D eigenvalue weighted by atomic mass is 9.83. The van der Waals surface area contributed by atoms with Crippen molar-refractivity contribution in [3.8, 4) is 0 Å². The molecule has 0 N–H and O–H groups in total. The first-order valence-corrected chi connectivity index (χ1v) is 21.1. The maximum atomic E-state index is 6.08. The molecule has 2 saturated carbocycles. The molecule has 10 unspecified atom stereocenters. The van der Waals surface area contributed by atoms with Crippen molar-refractivity contribution in [1.29, 1.82) is 0 Å². The fraction of sp³-hybridized carbons (Fsp3) is 0.550. The van der Waals surface area contributed by atoms with Gasteiger partial charge in [0.2, 0.25) is 0 Å². The van der Waals surface area contributed by atoms with Crippen molar-refractivity contribution in [1.82, 2.24) is 0 Å². The third-order valence-electron chi connectivity index (χ3n) is 12.3.